The lowest BCUT2D eigenvalue weighted by Gasteiger charge is -2.15. The fourth-order valence-electron chi connectivity index (χ4n) is 2.80. The van der Waals surface area contributed by atoms with Crippen molar-refractivity contribution in [2.24, 2.45) is 0 Å². The van der Waals surface area contributed by atoms with Crippen LogP contribution < -0.4 is 10.6 Å². The number of benzene rings is 2. The molecule has 170 valence electrons. The summed E-state index contributed by atoms with van der Waals surface area (Å²) in [5.41, 5.74) is 1.26. The first-order valence-electron chi connectivity index (χ1n) is 9.68. The maximum absolute atomic E-state index is 12.4. The minimum Gasteiger partial charge on any atom is -0.480 e. The first kappa shape index (κ1) is 24.6. The number of aliphatic carboxylic acids is 1. The van der Waals surface area contributed by atoms with Crippen LogP contribution in [-0.4, -0.2) is 47.4 Å². The molecule has 10 heteroatoms. The van der Waals surface area contributed by atoms with E-state index in [1.165, 1.54) is 29.6 Å². The van der Waals surface area contributed by atoms with E-state index < -0.39 is 30.0 Å². The molecule has 0 unspecified atom stereocenters. The fourth-order valence-corrected chi connectivity index (χ4v) is 2.80. The monoisotopic (exact) mass is 450 g/mol. The molecule has 0 aromatic heterocycles. The lowest BCUT2D eigenvalue weighted by atomic mass is 10.0. The second-order valence-electron chi connectivity index (χ2n) is 6.89. The third-order valence-corrected chi connectivity index (χ3v) is 4.51. The van der Waals surface area contributed by atoms with Crippen molar-refractivity contribution in [2.75, 3.05) is 6.54 Å². The normalized spacial score (nSPS) is 12.0. The van der Waals surface area contributed by atoms with E-state index in [-0.39, 0.29) is 25.2 Å². The van der Waals surface area contributed by atoms with Crippen molar-refractivity contribution >= 4 is 23.6 Å². The zero-order chi connectivity index (χ0) is 23.7. The summed E-state index contributed by atoms with van der Waals surface area (Å²) in [4.78, 5) is 46.4. The Bertz CT molecular complexity index is 960. The summed E-state index contributed by atoms with van der Waals surface area (Å²) in [6.07, 6.45) is -4.92. The summed E-state index contributed by atoms with van der Waals surface area (Å²) in [6, 6.07) is 13.1. The topological polar surface area (TPSA) is 113 Å². The molecule has 7 nitrogen and oxygen atoms in total. The molecule has 2 aromatic rings. The van der Waals surface area contributed by atoms with E-state index in [0.29, 0.717) is 23.1 Å². The summed E-state index contributed by atoms with van der Waals surface area (Å²) in [6.45, 7) is 0.156. The second kappa shape index (κ2) is 11.1. The minimum atomic E-state index is -5.16. The highest BCUT2D eigenvalue weighted by Crippen LogP contribution is 2.15. The van der Waals surface area contributed by atoms with Crippen LogP contribution in [0.4, 0.5) is 13.2 Å². The molecule has 3 N–H and O–H groups in total. The zero-order valence-electron chi connectivity index (χ0n) is 16.8. The van der Waals surface area contributed by atoms with Crippen LogP contribution in [0.25, 0.3) is 0 Å². The van der Waals surface area contributed by atoms with Crippen molar-refractivity contribution in [1.29, 1.82) is 0 Å². The SMILES string of the molecule is O=C(NCCCC[C@H](NC(=O)C(F)(F)F)C(=O)O)c1ccc(C(=O)c2ccccc2)cc1. The van der Waals surface area contributed by atoms with Crippen LogP contribution in [0.15, 0.2) is 54.6 Å². The van der Waals surface area contributed by atoms with Gasteiger partial charge in [-0.1, -0.05) is 42.5 Å². The number of hydrogen-bond acceptors (Lipinski definition) is 4. The second-order valence-corrected chi connectivity index (χ2v) is 6.89. The van der Waals surface area contributed by atoms with E-state index in [2.05, 4.69) is 5.32 Å². The van der Waals surface area contributed by atoms with Gasteiger partial charge < -0.3 is 15.7 Å². The van der Waals surface area contributed by atoms with Gasteiger partial charge in [-0.15, -0.1) is 0 Å². The summed E-state index contributed by atoms with van der Waals surface area (Å²) in [5.74, 6) is -4.48. The number of amides is 2. The molecule has 0 saturated carbocycles. The number of carbonyl (C=O) groups excluding carboxylic acids is 3. The van der Waals surface area contributed by atoms with Gasteiger partial charge in [0.15, 0.2) is 5.78 Å². The highest BCUT2D eigenvalue weighted by atomic mass is 19.4. The van der Waals surface area contributed by atoms with Gasteiger partial charge in [0.1, 0.15) is 6.04 Å². The molecule has 0 bridgehead atoms. The van der Waals surface area contributed by atoms with Gasteiger partial charge in [0, 0.05) is 23.2 Å². The largest absolute Gasteiger partial charge is 0.480 e. The van der Waals surface area contributed by atoms with Gasteiger partial charge in [0.05, 0.1) is 0 Å². The lowest BCUT2D eigenvalue weighted by molar-refractivity contribution is -0.175. The van der Waals surface area contributed by atoms with Gasteiger partial charge in [0.25, 0.3) is 5.91 Å². The Morgan fingerprint density at radius 3 is 1.97 bits per heavy atom. The van der Waals surface area contributed by atoms with Crippen LogP contribution in [0.2, 0.25) is 0 Å². The third-order valence-electron chi connectivity index (χ3n) is 4.51. The Labute approximate surface area is 181 Å². The Hall–Kier alpha value is -3.69. The number of ketones is 1. The van der Waals surface area contributed by atoms with Crippen molar-refractivity contribution < 1.29 is 37.5 Å². The number of nitrogens with one attached hydrogen (secondary N) is 2. The van der Waals surface area contributed by atoms with Crippen molar-refractivity contribution in [3.05, 3.63) is 71.3 Å². The number of carboxylic acids is 1. The molecule has 2 aromatic carbocycles. The lowest BCUT2D eigenvalue weighted by Crippen LogP contribution is -2.46. The molecular formula is C22H21F3N2O5. The Balaban J connectivity index is 1.78. The minimum absolute atomic E-state index is 0.156. The van der Waals surface area contributed by atoms with Crippen LogP contribution in [-0.2, 0) is 9.59 Å². The van der Waals surface area contributed by atoms with Crippen LogP contribution >= 0.6 is 0 Å². The molecule has 0 radical (unpaired) electrons. The number of hydrogen-bond donors (Lipinski definition) is 3. The number of rotatable bonds is 10. The van der Waals surface area contributed by atoms with Gasteiger partial charge in [-0.2, -0.15) is 13.2 Å². The number of carbonyl (C=O) groups is 4. The average molecular weight is 450 g/mol. The third kappa shape index (κ3) is 7.22. The van der Waals surface area contributed by atoms with E-state index in [0.717, 1.165) is 0 Å². The average Bonchev–Trinajstić information content (AvgIpc) is 2.77. The molecule has 32 heavy (non-hydrogen) atoms. The van der Waals surface area contributed by atoms with E-state index in [1.807, 2.05) is 0 Å². The molecule has 0 aliphatic rings. The van der Waals surface area contributed by atoms with Crippen LogP contribution in [0.5, 0.6) is 0 Å². The van der Waals surface area contributed by atoms with Crippen LogP contribution in [0.1, 0.15) is 45.5 Å². The summed E-state index contributed by atoms with van der Waals surface area (Å²) in [7, 11) is 0. The van der Waals surface area contributed by atoms with E-state index in [4.69, 9.17) is 5.11 Å². The molecule has 1 atom stereocenters. The molecule has 0 heterocycles. The van der Waals surface area contributed by atoms with Gasteiger partial charge >= 0.3 is 18.1 Å². The fraction of sp³-hybridized carbons (Fsp3) is 0.273. The van der Waals surface area contributed by atoms with Crippen LogP contribution in [0, 0.1) is 0 Å². The standard InChI is InChI=1S/C22H21F3N2O5/c23-22(24,25)21(32)27-17(20(30)31)8-4-5-13-26-19(29)16-11-9-15(10-12-16)18(28)14-6-2-1-3-7-14/h1-3,6-7,9-12,17H,4-5,8,13H2,(H,26,29)(H,27,32)(H,30,31)/t17-/m0/s1. The molecule has 0 fully saturated rings. The Morgan fingerprint density at radius 2 is 1.41 bits per heavy atom. The van der Waals surface area contributed by atoms with Gasteiger partial charge in [-0.3, -0.25) is 14.4 Å². The number of alkyl halides is 3. The molecule has 2 rings (SSSR count). The van der Waals surface area contributed by atoms with Crippen molar-refractivity contribution in [3.8, 4) is 0 Å². The Morgan fingerprint density at radius 1 is 0.844 bits per heavy atom. The maximum atomic E-state index is 12.4. The first-order valence-corrected chi connectivity index (χ1v) is 9.68. The quantitative estimate of drug-likeness (QED) is 0.381. The smallest absolute Gasteiger partial charge is 0.471 e. The molecule has 0 saturated heterocycles. The van der Waals surface area contributed by atoms with Gasteiger partial charge in [-0.25, -0.2) is 4.79 Å². The predicted octanol–water partition coefficient (Wildman–Crippen LogP) is 2.95. The predicted molar refractivity (Wildman–Crippen MR) is 108 cm³/mol. The van der Waals surface area contributed by atoms with Crippen molar-refractivity contribution in [2.45, 2.75) is 31.5 Å². The first-order chi connectivity index (χ1) is 15.1. The summed E-state index contributed by atoms with van der Waals surface area (Å²) >= 11 is 0. The van der Waals surface area contributed by atoms with E-state index in [9.17, 15) is 32.3 Å². The maximum Gasteiger partial charge on any atom is 0.471 e. The Kier molecular flexibility index (Phi) is 8.51. The molecule has 0 aliphatic heterocycles. The number of halogens is 3. The van der Waals surface area contributed by atoms with Crippen molar-refractivity contribution in [1.82, 2.24) is 10.6 Å². The van der Waals surface area contributed by atoms with Gasteiger partial charge in [-0.05, 0) is 31.4 Å². The molecule has 2 amide bonds. The van der Waals surface area contributed by atoms with E-state index >= 15 is 0 Å². The van der Waals surface area contributed by atoms with Crippen LogP contribution in [0.3, 0.4) is 0 Å². The number of unbranched alkanes of at least 4 members (excludes halogenated alkanes) is 1. The van der Waals surface area contributed by atoms with E-state index in [1.54, 1.807) is 30.3 Å². The molecule has 0 aliphatic carbocycles. The number of carboxylic acid groups (broad SMARTS) is 1. The summed E-state index contributed by atoms with van der Waals surface area (Å²) in [5, 5.41) is 13.0. The highest BCUT2D eigenvalue weighted by molar-refractivity contribution is 6.09. The highest BCUT2D eigenvalue weighted by Gasteiger charge is 2.40. The summed E-state index contributed by atoms with van der Waals surface area (Å²) < 4.78 is 36.8. The zero-order valence-corrected chi connectivity index (χ0v) is 16.8. The van der Waals surface area contributed by atoms with Gasteiger partial charge in [0.2, 0.25) is 0 Å². The van der Waals surface area contributed by atoms with Crippen molar-refractivity contribution in [3.63, 3.8) is 0 Å². The molecular weight excluding hydrogens is 429 g/mol. The molecule has 0 spiro atoms.